The highest BCUT2D eigenvalue weighted by Crippen LogP contribution is 2.27. The number of benzene rings is 1. The number of hydrogen-bond acceptors (Lipinski definition) is 2. The molecule has 116 valence electrons. The number of anilines is 1. The summed E-state index contributed by atoms with van der Waals surface area (Å²) in [5.41, 5.74) is 1.43. The van der Waals surface area contributed by atoms with Crippen LogP contribution in [0.1, 0.15) is 51.4 Å². The van der Waals surface area contributed by atoms with E-state index in [0.29, 0.717) is 0 Å². The Kier molecular flexibility index (Phi) is 5.56. The maximum atomic E-state index is 2.70. The van der Waals surface area contributed by atoms with E-state index in [4.69, 9.17) is 0 Å². The van der Waals surface area contributed by atoms with E-state index in [0.717, 1.165) is 6.04 Å². The zero-order valence-electron chi connectivity index (χ0n) is 13.3. The van der Waals surface area contributed by atoms with Crippen LogP contribution in [0.15, 0.2) is 30.3 Å². The van der Waals surface area contributed by atoms with E-state index in [1.165, 1.54) is 83.2 Å². The van der Waals surface area contributed by atoms with Crippen molar-refractivity contribution < 1.29 is 0 Å². The molecule has 0 amide bonds. The van der Waals surface area contributed by atoms with Gasteiger partial charge in [0.2, 0.25) is 0 Å². The Morgan fingerprint density at radius 1 is 0.857 bits per heavy atom. The summed E-state index contributed by atoms with van der Waals surface area (Å²) in [6, 6.07) is 11.9. The van der Waals surface area contributed by atoms with Gasteiger partial charge in [0.25, 0.3) is 0 Å². The van der Waals surface area contributed by atoms with Gasteiger partial charge in [-0.25, -0.2) is 0 Å². The van der Waals surface area contributed by atoms with E-state index >= 15 is 0 Å². The normalized spacial score (nSPS) is 21.3. The molecule has 1 aliphatic carbocycles. The molecule has 1 aromatic carbocycles. The summed E-state index contributed by atoms with van der Waals surface area (Å²) in [6.07, 6.45) is 11.3. The number of rotatable bonds is 5. The summed E-state index contributed by atoms with van der Waals surface area (Å²) in [5, 5.41) is 0. The highest BCUT2D eigenvalue weighted by Gasteiger charge is 2.22. The average Bonchev–Trinajstić information content (AvgIpc) is 2.58. The van der Waals surface area contributed by atoms with Gasteiger partial charge in [-0.05, 0) is 50.9 Å². The van der Waals surface area contributed by atoms with Gasteiger partial charge in [-0.15, -0.1) is 0 Å². The Balaban J connectivity index is 1.63. The van der Waals surface area contributed by atoms with Crippen molar-refractivity contribution in [1.82, 2.24) is 4.90 Å². The minimum atomic E-state index is 0.769. The van der Waals surface area contributed by atoms with Crippen LogP contribution in [0.25, 0.3) is 0 Å². The minimum Gasteiger partial charge on any atom is -0.367 e. The molecule has 1 saturated heterocycles. The van der Waals surface area contributed by atoms with Crippen LogP contribution < -0.4 is 4.90 Å². The van der Waals surface area contributed by atoms with Gasteiger partial charge in [0, 0.05) is 24.8 Å². The molecule has 1 aliphatic heterocycles. The molecule has 0 spiro atoms. The molecule has 0 bridgehead atoms. The van der Waals surface area contributed by atoms with Crippen LogP contribution in [-0.2, 0) is 0 Å². The van der Waals surface area contributed by atoms with Crippen molar-refractivity contribution in [3.63, 3.8) is 0 Å². The Morgan fingerprint density at radius 3 is 2.24 bits per heavy atom. The van der Waals surface area contributed by atoms with Crippen LogP contribution in [0.5, 0.6) is 0 Å². The quantitative estimate of drug-likeness (QED) is 0.795. The summed E-state index contributed by atoms with van der Waals surface area (Å²) in [4.78, 5) is 5.37. The van der Waals surface area contributed by atoms with Crippen LogP contribution >= 0.6 is 0 Å². The van der Waals surface area contributed by atoms with Gasteiger partial charge in [0.1, 0.15) is 0 Å². The zero-order valence-corrected chi connectivity index (χ0v) is 13.3. The van der Waals surface area contributed by atoms with Gasteiger partial charge in [-0.2, -0.15) is 0 Å². The standard InChI is InChI=1S/C19H30N2/c1-4-10-18(11-5-1)21(19-12-6-2-7-13-19)17-16-20-14-8-3-9-15-20/h1,4-5,10-11,19H,2-3,6-9,12-17H2. The molecule has 0 unspecified atom stereocenters. The molecule has 1 aromatic rings. The third-order valence-electron chi connectivity index (χ3n) is 5.21. The van der Waals surface area contributed by atoms with E-state index in [2.05, 4.69) is 40.1 Å². The first-order chi connectivity index (χ1) is 10.4. The molecule has 2 aliphatic rings. The van der Waals surface area contributed by atoms with E-state index in [-0.39, 0.29) is 0 Å². The molecular formula is C19H30N2. The van der Waals surface area contributed by atoms with Crippen LogP contribution in [0.4, 0.5) is 5.69 Å². The molecule has 0 radical (unpaired) electrons. The summed E-state index contributed by atoms with van der Waals surface area (Å²) in [7, 11) is 0. The lowest BCUT2D eigenvalue weighted by molar-refractivity contribution is 0.230. The number of likely N-dealkylation sites (tertiary alicyclic amines) is 1. The first-order valence-corrected chi connectivity index (χ1v) is 8.97. The van der Waals surface area contributed by atoms with Crippen molar-refractivity contribution >= 4 is 5.69 Å². The summed E-state index contributed by atoms with van der Waals surface area (Å²) in [6.45, 7) is 5.07. The van der Waals surface area contributed by atoms with Gasteiger partial charge in [-0.3, -0.25) is 0 Å². The Morgan fingerprint density at radius 2 is 1.52 bits per heavy atom. The van der Waals surface area contributed by atoms with Gasteiger partial charge in [-0.1, -0.05) is 43.9 Å². The second-order valence-corrected chi connectivity index (χ2v) is 6.72. The second-order valence-electron chi connectivity index (χ2n) is 6.72. The largest absolute Gasteiger partial charge is 0.367 e. The minimum absolute atomic E-state index is 0.769. The lowest BCUT2D eigenvalue weighted by Crippen LogP contribution is -2.43. The maximum Gasteiger partial charge on any atom is 0.0369 e. The highest BCUT2D eigenvalue weighted by atomic mass is 15.2. The van der Waals surface area contributed by atoms with E-state index in [1.807, 2.05) is 0 Å². The second kappa shape index (κ2) is 7.84. The molecular weight excluding hydrogens is 256 g/mol. The van der Waals surface area contributed by atoms with Gasteiger partial charge < -0.3 is 9.80 Å². The van der Waals surface area contributed by atoms with Gasteiger partial charge in [0.05, 0.1) is 0 Å². The number of hydrogen-bond donors (Lipinski definition) is 0. The SMILES string of the molecule is c1ccc(N(CCN2CCCCC2)C2CCCCC2)cc1. The molecule has 2 nitrogen and oxygen atoms in total. The molecule has 1 saturated carbocycles. The van der Waals surface area contributed by atoms with Crippen LogP contribution in [0, 0.1) is 0 Å². The fourth-order valence-corrected chi connectivity index (χ4v) is 3.97. The molecule has 0 aromatic heterocycles. The number of piperidine rings is 1. The van der Waals surface area contributed by atoms with Crippen molar-refractivity contribution in [3.05, 3.63) is 30.3 Å². The average molecular weight is 286 g/mol. The monoisotopic (exact) mass is 286 g/mol. The first-order valence-electron chi connectivity index (χ1n) is 8.97. The summed E-state index contributed by atoms with van der Waals surface area (Å²) >= 11 is 0. The molecule has 2 fully saturated rings. The molecule has 3 rings (SSSR count). The Hall–Kier alpha value is -1.02. The third-order valence-corrected chi connectivity index (χ3v) is 5.21. The Bertz CT molecular complexity index is 391. The zero-order chi connectivity index (χ0) is 14.3. The molecule has 0 atom stereocenters. The fraction of sp³-hybridized carbons (Fsp3) is 0.684. The number of nitrogens with zero attached hydrogens (tertiary/aromatic N) is 2. The van der Waals surface area contributed by atoms with Crippen molar-refractivity contribution in [2.45, 2.75) is 57.4 Å². The molecule has 1 heterocycles. The van der Waals surface area contributed by atoms with Crippen molar-refractivity contribution in [3.8, 4) is 0 Å². The topological polar surface area (TPSA) is 6.48 Å². The van der Waals surface area contributed by atoms with Crippen molar-refractivity contribution in [1.29, 1.82) is 0 Å². The number of para-hydroxylation sites is 1. The fourth-order valence-electron chi connectivity index (χ4n) is 3.97. The molecule has 0 N–H and O–H groups in total. The summed E-state index contributed by atoms with van der Waals surface area (Å²) < 4.78 is 0. The van der Waals surface area contributed by atoms with Crippen LogP contribution in [0.2, 0.25) is 0 Å². The van der Waals surface area contributed by atoms with Crippen LogP contribution in [0.3, 0.4) is 0 Å². The van der Waals surface area contributed by atoms with Gasteiger partial charge in [0.15, 0.2) is 0 Å². The maximum absolute atomic E-state index is 2.70. The van der Waals surface area contributed by atoms with E-state index in [1.54, 1.807) is 0 Å². The predicted molar refractivity (Wildman–Crippen MR) is 91.0 cm³/mol. The third kappa shape index (κ3) is 4.23. The summed E-state index contributed by atoms with van der Waals surface area (Å²) in [5.74, 6) is 0. The predicted octanol–water partition coefficient (Wildman–Crippen LogP) is 4.31. The highest BCUT2D eigenvalue weighted by molar-refractivity contribution is 5.47. The molecule has 2 heteroatoms. The van der Waals surface area contributed by atoms with Gasteiger partial charge >= 0.3 is 0 Å². The van der Waals surface area contributed by atoms with Crippen molar-refractivity contribution in [2.75, 3.05) is 31.1 Å². The van der Waals surface area contributed by atoms with E-state index in [9.17, 15) is 0 Å². The molecule has 21 heavy (non-hydrogen) atoms. The lowest BCUT2D eigenvalue weighted by atomic mass is 9.93. The van der Waals surface area contributed by atoms with E-state index < -0.39 is 0 Å². The van der Waals surface area contributed by atoms with Crippen LogP contribution in [-0.4, -0.2) is 37.1 Å². The Labute approximate surface area is 130 Å². The first kappa shape index (κ1) is 14.9. The lowest BCUT2D eigenvalue weighted by Gasteiger charge is -2.38. The smallest absolute Gasteiger partial charge is 0.0369 e. The van der Waals surface area contributed by atoms with Crippen molar-refractivity contribution in [2.24, 2.45) is 0 Å².